The molecular formula is C14H15Cl2NO5. The Morgan fingerprint density at radius 1 is 1.45 bits per heavy atom. The van der Waals surface area contributed by atoms with Crippen LogP contribution in [0.2, 0.25) is 10.0 Å². The van der Waals surface area contributed by atoms with Crippen LogP contribution in [-0.4, -0.2) is 41.8 Å². The van der Waals surface area contributed by atoms with E-state index in [2.05, 4.69) is 5.32 Å². The van der Waals surface area contributed by atoms with E-state index in [4.69, 9.17) is 32.7 Å². The maximum absolute atomic E-state index is 12.2. The molecule has 0 bridgehead atoms. The summed E-state index contributed by atoms with van der Waals surface area (Å²) in [5.41, 5.74) is -1.41. The summed E-state index contributed by atoms with van der Waals surface area (Å²) in [5, 5.41) is 12.3. The van der Waals surface area contributed by atoms with Crippen LogP contribution < -0.4 is 10.1 Å². The fraction of sp³-hybridized carbons (Fsp3) is 0.429. The number of amides is 1. The van der Waals surface area contributed by atoms with Crippen molar-refractivity contribution in [3.05, 3.63) is 28.2 Å². The van der Waals surface area contributed by atoms with Gasteiger partial charge in [-0.2, -0.15) is 0 Å². The van der Waals surface area contributed by atoms with Gasteiger partial charge in [0.05, 0.1) is 11.6 Å². The molecule has 1 fully saturated rings. The van der Waals surface area contributed by atoms with Crippen LogP contribution in [0, 0.1) is 0 Å². The molecule has 8 heteroatoms. The molecule has 6 nitrogen and oxygen atoms in total. The summed E-state index contributed by atoms with van der Waals surface area (Å²) < 4.78 is 10.5. The van der Waals surface area contributed by atoms with E-state index in [0.29, 0.717) is 5.02 Å². The lowest BCUT2D eigenvalue weighted by atomic mass is 9.98. The average molecular weight is 348 g/mol. The van der Waals surface area contributed by atoms with E-state index in [1.54, 1.807) is 18.2 Å². The molecule has 2 N–H and O–H groups in total. The summed E-state index contributed by atoms with van der Waals surface area (Å²) in [6, 6.07) is 4.80. The maximum atomic E-state index is 12.2. The Hall–Kier alpha value is -1.50. The lowest BCUT2D eigenvalue weighted by Crippen LogP contribution is -2.57. The van der Waals surface area contributed by atoms with Gasteiger partial charge in [-0.25, -0.2) is 4.79 Å². The van der Waals surface area contributed by atoms with E-state index < -0.39 is 23.5 Å². The van der Waals surface area contributed by atoms with Gasteiger partial charge >= 0.3 is 5.97 Å². The van der Waals surface area contributed by atoms with Crippen molar-refractivity contribution in [3.8, 4) is 5.75 Å². The average Bonchev–Trinajstić information content (AvgIpc) is 2.93. The van der Waals surface area contributed by atoms with Gasteiger partial charge in [0.2, 0.25) is 0 Å². The van der Waals surface area contributed by atoms with Crippen molar-refractivity contribution < 1.29 is 24.2 Å². The van der Waals surface area contributed by atoms with Crippen LogP contribution >= 0.6 is 23.2 Å². The standard InChI is InChI=1S/C14H15Cl2NO5/c1-8(22-10-4-2-3-9(15)11(10)16)12(18)17-14(13(19)20)5-6-21-7-14/h2-4,8H,5-7H2,1H3,(H,17,18)(H,19,20). The first kappa shape index (κ1) is 16.9. The number of carbonyl (C=O) groups excluding carboxylic acids is 1. The highest BCUT2D eigenvalue weighted by atomic mass is 35.5. The zero-order valence-corrected chi connectivity index (χ0v) is 13.3. The second-order valence-electron chi connectivity index (χ2n) is 4.99. The molecule has 0 saturated carbocycles. The largest absolute Gasteiger partial charge is 0.479 e. The van der Waals surface area contributed by atoms with Crippen molar-refractivity contribution in [2.75, 3.05) is 13.2 Å². The molecule has 1 amide bonds. The smallest absolute Gasteiger partial charge is 0.331 e. The fourth-order valence-corrected chi connectivity index (χ4v) is 2.38. The van der Waals surface area contributed by atoms with Crippen molar-refractivity contribution >= 4 is 35.1 Å². The number of rotatable bonds is 5. The normalized spacial score (nSPS) is 22.1. The third-order valence-corrected chi connectivity index (χ3v) is 4.18. The van der Waals surface area contributed by atoms with Crippen molar-refractivity contribution in [2.24, 2.45) is 0 Å². The number of carboxylic acid groups (broad SMARTS) is 1. The lowest BCUT2D eigenvalue weighted by molar-refractivity contribution is -0.148. The number of hydrogen-bond donors (Lipinski definition) is 2. The molecule has 0 aromatic heterocycles. The van der Waals surface area contributed by atoms with Crippen LogP contribution in [0.1, 0.15) is 13.3 Å². The van der Waals surface area contributed by atoms with Gasteiger partial charge < -0.3 is 19.9 Å². The number of hydrogen-bond acceptors (Lipinski definition) is 4. The molecule has 2 unspecified atom stereocenters. The Morgan fingerprint density at radius 3 is 2.77 bits per heavy atom. The highest BCUT2D eigenvalue weighted by Gasteiger charge is 2.44. The molecule has 1 aromatic carbocycles. The maximum Gasteiger partial charge on any atom is 0.331 e. The van der Waals surface area contributed by atoms with Crippen LogP contribution in [-0.2, 0) is 14.3 Å². The van der Waals surface area contributed by atoms with Crippen LogP contribution in [0.3, 0.4) is 0 Å². The summed E-state index contributed by atoms with van der Waals surface area (Å²) in [6.07, 6.45) is -0.730. The number of benzene rings is 1. The third kappa shape index (κ3) is 3.45. The minimum atomic E-state index is -1.41. The molecule has 120 valence electrons. The molecule has 1 heterocycles. The topological polar surface area (TPSA) is 84.9 Å². The van der Waals surface area contributed by atoms with Crippen molar-refractivity contribution in [2.45, 2.75) is 25.0 Å². The molecular weight excluding hydrogens is 333 g/mol. The highest BCUT2D eigenvalue weighted by Crippen LogP contribution is 2.32. The van der Waals surface area contributed by atoms with E-state index in [1.807, 2.05) is 0 Å². The van der Waals surface area contributed by atoms with Gasteiger partial charge in [0, 0.05) is 13.0 Å². The molecule has 2 atom stereocenters. The molecule has 1 aliphatic rings. The number of carboxylic acids is 1. The van der Waals surface area contributed by atoms with Crippen molar-refractivity contribution in [1.29, 1.82) is 0 Å². The minimum absolute atomic E-state index is 0.0707. The highest BCUT2D eigenvalue weighted by molar-refractivity contribution is 6.42. The predicted molar refractivity (Wildman–Crippen MR) is 80.5 cm³/mol. The second-order valence-corrected chi connectivity index (χ2v) is 5.78. The van der Waals surface area contributed by atoms with E-state index in [9.17, 15) is 14.7 Å². The molecule has 22 heavy (non-hydrogen) atoms. The molecule has 0 spiro atoms. The fourth-order valence-electron chi connectivity index (χ4n) is 2.04. The number of ether oxygens (including phenoxy) is 2. The van der Waals surface area contributed by atoms with Gasteiger partial charge in [0.1, 0.15) is 10.8 Å². The van der Waals surface area contributed by atoms with Crippen LogP contribution in [0.5, 0.6) is 5.75 Å². The first-order chi connectivity index (χ1) is 10.4. The second kappa shape index (κ2) is 6.73. The molecule has 2 rings (SSSR count). The Balaban J connectivity index is 2.06. The van der Waals surface area contributed by atoms with E-state index >= 15 is 0 Å². The zero-order chi connectivity index (χ0) is 16.3. The van der Waals surface area contributed by atoms with Gasteiger partial charge in [-0.3, -0.25) is 4.79 Å². The van der Waals surface area contributed by atoms with Crippen LogP contribution in [0.25, 0.3) is 0 Å². The number of halogens is 2. The molecule has 1 aliphatic heterocycles. The Labute approximate surface area is 137 Å². The third-order valence-electron chi connectivity index (χ3n) is 3.38. The molecule has 1 saturated heterocycles. The predicted octanol–water partition coefficient (Wildman–Crippen LogP) is 2.12. The zero-order valence-electron chi connectivity index (χ0n) is 11.8. The van der Waals surface area contributed by atoms with Crippen molar-refractivity contribution in [1.82, 2.24) is 5.32 Å². The summed E-state index contributed by atoms with van der Waals surface area (Å²) in [6.45, 7) is 1.71. The quantitative estimate of drug-likeness (QED) is 0.852. The first-order valence-electron chi connectivity index (χ1n) is 6.59. The van der Waals surface area contributed by atoms with E-state index in [1.165, 1.54) is 6.92 Å². The van der Waals surface area contributed by atoms with E-state index in [-0.39, 0.29) is 30.4 Å². The Morgan fingerprint density at radius 2 is 2.18 bits per heavy atom. The van der Waals surface area contributed by atoms with Crippen molar-refractivity contribution in [3.63, 3.8) is 0 Å². The lowest BCUT2D eigenvalue weighted by Gasteiger charge is -2.26. The van der Waals surface area contributed by atoms with Gasteiger partial charge in [-0.15, -0.1) is 0 Å². The first-order valence-corrected chi connectivity index (χ1v) is 7.35. The van der Waals surface area contributed by atoms with Crippen LogP contribution in [0.15, 0.2) is 18.2 Å². The molecule has 1 aromatic rings. The molecule has 0 radical (unpaired) electrons. The van der Waals surface area contributed by atoms with Gasteiger partial charge in [0.15, 0.2) is 11.6 Å². The Kier molecular flexibility index (Phi) is 5.16. The van der Waals surface area contributed by atoms with Gasteiger partial charge in [0.25, 0.3) is 5.91 Å². The number of aliphatic carboxylic acids is 1. The minimum Gasteiger partial charge on any atom is -0.479 e. The van der Waals surface area contributed by atoms with E-state index in [0.717, 1.165) is 0 Å². The monoisotopic (exact) mass is 347 g/mol. The van der Waals surface area contributed by atoms with Gasteiger partial charge in [-0.05, 0) is 19.1 Å². The van der Waals surface area contributed by atoms with Gasteiger partial charge in [-0.1, -0.05) is 29.3 Å². The Bertz CT molecular complexity index is 587. The molecule has 0 aliphatic carbocycles. The summed E-state index contributed by atoms with van der Waals surface area (Å²) in [7, 11) is 0. The SMILES string of the molecule is CC(Oc1cccc(Cl)c1Cl)C(=O)NC1(C(=O)O)CCOC1. The summed E-state index contributed by atoms with van der Waals surface area (Å²) in [4.78, 5) is 23.5. The summed E-state index contributed by atoms with van der Waals surface area (Å²) >= 11 is 11.9. The number of carbonyl (C=O) groups is 2. The van der Waals surface area contributed by atoms with Crippen LogP contribution in [0.4, 0.5) is 0 Å². The number of nitrogens with one attached hydrogen (secondary N) is 1. The summed E-state index contributed by atoms with van der Waals surface area (Å²) in [5.74, 6) is -1.45.